The van der Waals surface area contributed by atoms with Crippen LogP contribution in [-0.2, 0) is 6.42 Å². The molecule has 8 aromatic rings. The number of hydrogen-bond acceptors (Lipinski definition) is 5. The first-order chi connectivity index (χ1) is 18.6. The van der Waals surface area contributed by atoms with E-state index in [1.54, 1.807) is 0 Å². The Morgan fingerprint density at radius 3 is 2.32 bits per heavy atom. The van der Waals surface area contributed by atoms with Crippen LogP contribution in [0.3, 0.4) is 0 Å². The maximum atomic E-state index is 4.95. The maximum Gasteiger partial charge on any atom is 0.109 e. The SMILES string of the molecule is CCc1nc2c3cnncc3c3cc(-c4ccc5c(c4)sc4c5ccc5[nH]c(C(C)C)nc54)ccc3c2[nH]1. The van der Waals surface area contributed by atoms with Gasteiger partial charge in [-0.25, -0.2) is 9.97 Å². The summed E-state index contributed by atoms with van der Waals surface area (Å²) in [5.41, 5.74) is 6.57. The summed E-state index contributed by atoms with van der Waals surface area (Å²) >= 11 is 1.82. The summed E-state index contributed by atoms with van der Waals surface area (Å²) in [6.45, 7) is 6.46. The number of aromatic nitrogens is 6. The van der Waals surface area contributed by atoms with Gasteiger partial charge in [0, 0.05) is 44.0 Å². The van der Waals surface area contributed by atoms with E-state index in [4.69, 9.17) is 9.97 Å². The lowest BCUT2D eigenvalue weighted by Crippen LogP contribution is -1.88. The Balaban J connectivity index is 1.35. The second-order valence-corrected chi connectivity index (χ2v) is 11.3. The molecule has 0 spiro atoms. The molecule has 0 fully saturated rings. The Bertz CT molecular complexity index is 2220. The zero-order chi connectivity index (χ0) is 25.5. The standard InChI is InChI=1S/C31H24N6S/c1-4-26-35-27-19-8-6-16(11-21(19)22-13-32-33-14-23(22)28(27)36-26)17-5-7-18-20-9-10-24-29(30(20)38-25(18)12-17)37-31(34-24)15(2)3/h5-15H,4H2,1-3H3,(H,34,37)(H,35,36). The molecule has 0 aliphatic carbocycles. The van der Waals surface area contributed by atoms with E-state index in [-0.39, 0.29) is 0 Å². The van der Waals surface area contributed by atoms with Crippen LogP contribution in [-0.4, -0.2) is 30.1 Å². The van der Waals surface area contributed by atoms with Crippen molar-refractivity contribution in [2.45, 2.75) is 33.1 Å². The number of rotatable bonds is 3. The number of benzene rings is 4. The summed E-state index contributed by atoms with van der Waals surface area (Å²) < 4.78 is 2.51. The molecule has 0 amide bonds. The van der Waals surface area contributed by atoms with Gasteiger partial charge < -0.3 is 9.97 Å². The van der Waals surface area contributed by atoms with Gasteiger partial charge in [-0.05, 0) is 34.7 Å². The number of fused-ring (bicyclic) bond motifs is 11. The predicted octanol–water partition coefficient (Wildman–Crippen LogP) is 8.26. The highest BCUT2D eigenvalue weighted by atomic mass is 32.1. The molecule has 0 bridgehead atoms. The number of aryl methyl sites for hydroxylation is 1. The molecule has 4 aromatic heterocycles. The minimum absolute atomic E-state index is 0.366. The molecular weight excluding hydrogens is 488 g/mol. The quantitative estimate of drug-likeness (QED) is 0.233. The fourth-order valence-electron chi connectivity index (χ4n) is 5.65. The van der Waals surface area contributed by atoms with Crippen molar-refractivity contribution in [3.8, 4) is 11.1 Å². The second kappa shape index (κ2) is 7.82. The van der Waals surface area contributed by atoms with E-state index in [1.165, 1.54) is 31.3 Å². The molecule has 0 unspecified atom stereocenters. The van der Waals surface area contributed by atoms with Crippen LogP contribution in [0.25, 0.3) is 74.9 Å². The summed E-state index contributed by atoms with van der Waals surface area (Å²) in [5.74, 6) is 2.39. The van der Waals surface area contributed by atoms with E-state index >= 15 is 0 Å². The first kappa shape index (κ1) is 21.7. The number of hydrogen-bond donors (Lipinski definition) is 2. The summed E-state index contributed by atoms with van der Waals surface area (Å²) in [6.07, 6.45) is 4.54. The number of thiophene rings is 1. The van der Waals surface area contributed by atoms with Crippen LogP contribution in [0.4, 0.5) is 0 Å². The highest BCUT2D eigenvalue weighted by molar-refractivity contribution is 7.26. The Kier molecular flexibility index (Phi) is 4.47. The Hall–Kier alpha value is -4.36. The molecular formula is C31H24N6S. The fraction of sp³-hybridized carbons (Fsp3) is 0.161. The molecule has 0 saturated heterocycles. The Morgan fingerprint density at radius 2 is 1.50 bits per heavy atom. The third-order valence-corrected chi connectivity index (χ3v) is 8.82. The minimum Gasteiger partial charge on any atom is -0.342 e. The third-order valence-electron chi connectivity index (χ3n) is 7.64. The van der Waals surface area contributed by atoms with E-state index in [0.29, 0.717) is 5.92 Å². The molecule has 184 valence electrons. The molecule has 2 N–H and O–H groups in total. The summed E-state index contributed by atoms with van der Waals surface area (Å²) in [7, 11) is 0. The lowest BCUT2D eigenvalue weighted by molar-refractivity contribution is 0.799. The van der Waals surface area contributed by atoms with Gasteiger partial charge in [0.15, 0.2) is 0 Å². The van der Waals surface area contributed by atoms with Gasteiger partial charge in [-0.2, -0.15) is 10.2 Å². The summed E-state index contributed by atoms with van der Waals surface area (Å²) in [6, 6.07) is 17.9. The lowest BCUT2D eigenvalue weighted by Gasteiger charge is -2.08. The van der Waals surface area contributed by atoms with E-state index in [2.05, 4.69) is 89.5 Å². The van der Waals surface area contributed by atoms with Crippen molar-refractivity contribution >= 4 is 75.1 Å². The number of nitrogens with one attached hydrogen (secondary N) is 2. The van der Waals surface area contributed by atoms with Gasteiger partial charge in [-0.1, -0.05) is 51.1 Å². The Labute approximate surface area is 221 Å². The first-order valence-electron chi connectivity index (χ1n) is 13.0. The van der Waals surface area contributed by atoms with Gasteiger partial charge in [-0.3, -0.25) is 0 Å². The van der Waals surface area contributed by atoms with Gasteiger partial charge in [0.05, 0.1) is 33.6 Å². The lowest BCUT2D eigenvalue weighted by atomic mass is 9.96. The van der Waals surface area contributed by atoms with Crippen LogP contribution in [0.1, 0.15) is 38.3 Å². The third kappa shape index (κ3) is 2.99. The van der Waals surface area contributed by atoms with Crippen molar-refractivity contribution in [2.24, 2.45) is 0 Å². The molecule has 7 heteroatoms. The molecule has 8 rings (SSSR count). The van der Waals surface area contributed by atoms with Crippen LogP contribution in [0.15, 0.2) is 60.9 Å². The normalized spacial score (nSPS) is 12.4. The van der Waals surface area contributed by atoms with Crippen LogP contribution in [0.5, 0.6) is 0 Å². The van der Waals surface area contributed by atoms with Crippen LogP contribution in [0, 0.1) is 0 Å². The molecule has 6 nitrogen and oxygen atoms in total. The molecule has 4 heterocycles. The number of imidazole rings is 2. The van der Waals surface area contributed by atoms with Crippen molar-refractivity contribution in [1.82, 2.24) is 30.1 Å². The number of H-pyrrole nitrogens is 2. The average molecular weight is 513 g/mol. The molecule has 0 aliphatic heterocycles. The summed E-state index contributed by atoms with van der Waals surface area (Å²) in [5, 5.41) is 15.3. The monoisotopic (exact) mass is 512 g/mol. The van der Waals surface area contributed by atoms with E-state index in [0.717, 1.165) is 61.7 Å². The van der Waals surface area contributed by atoms with Gasteiger partial charge in [0.1, 0.15) is 17.2 Å². The molecule has 0 aliphatic rings. The number of nitrogens with zero attached hydrogens (tertiary/aromatic N) is 4. The highest BCUT2D eigenvalue weighted by Crippen LogP contribution is 2.41. The molecule has 0 radical (unpaired) electrons. The minimum atomic E-state index is 0.366. The highest BCUT2D eigenvalue weighted by Gasteiger charge is 2.16. The van der Waals surface area contributed by atoms with Gasteiger partial charge in [0.2, 0.25) is 0 Å². The average Bonchev–Trinajstić information content (AvgIpc) is 3.67. The summed E-state index contributed by atoms with van der Waals surface area (Å²) in [4.78, 5) is 16.8. The van der Waals surface area contributed by atoms with Crippen molar-refractivity contribution in [3.63, 3.8) is 0 Å². The first-order valence-corrected chi connectivity index (χ1v) is 13.8. The fourth-order valence-corrected chi connectivity index (χ4v) is 6.88. The zero-order valence-corrected chi connectivity index (χ0v) is 22.1. The van der Waals surface area contributed by atoms with E-state index in [9.17, 15) is 0 Å². The molecule has 4 aromatic carbocycles. The number of aromatic amines is 2. The molecule has 0 saturated carbocycles. The Morgan fingerprint density at radius 1 is 0.737 bits per heavy atom. The topological polar surface area (TPSA) is 83.1 Å². The van der Waals surface area contributed by atoms with Crippen LogP contribution >= 0.6 is 11.3 Å². The van der Waals surface area contributed by atoms with Crippen molar-refractivity contribution < 1.29 is 0 Å². The predicted molar refractivity (Wildman–Crippen MR) is 158 cm³/mol. The van der Waals surface area contributed by atoms with E-state index in [1.807, 2.05) is 23.7 Å². The smallest absolute Gasteiger partial charge is 0.109 e. The largest absolute Gasteiger partial charge is 0.342 e. The van der Waals surface area contributed by atoms with Gasteiger partial charge in [0.25, 0.3) is 0 Å². The van der Waals surface area contributed by atoms with Crippen LogP contribution in [0.2, 0.25) is 0 Å². The van der Waals surface area contributed by atoms with Crippen LogP contribution < -0.4 is 0 Å². The zero-order valence-electron chi connectivity index (χ0n) is 21.3. The van der Waals surface area contributed by atoms with Crippen molar-refractivity contribution in [1.29, 1.82) is 0 Å². The van der Waals surface area contributed by atoms with E-state index < -0.39 is 0 Å². The van der Waals surface area contributed by atoms with Gasteiger partial charge >= 0.3 is 0 Å². The molecule has 0 atom stereocenters. The van der Waals surface area contributed by atoms with Crippen molar-refractivity contribution in [3.05, 3.63) is 72.6 Å². The van der Waals surface area contributed by atoms with Crippen molar-refractivity contribution in [2.75, 3.05) is 0 Å². The van der Waals surface area contributed by atoms with Gasteiger partial charge in [-0.15, -0.1) is 11.3 Å². The maximum absolute atomic E-state index is 4.95. The second-order valence-electron chi connectivity index (χ2n) is 10.3. The molecule has 38 heavy (non-hydrogen) atoms.